The molecule has 0 rings (SSSR count). The van der Waals surface area contributed by atoms with Crippen LogP contribution in [0.15, 0.2) is 0 Å². The molecule has 74 valence electrons. The molecule has 0 aliphatic rings. The van der Waals surface area contributed by atoms with Crippen LogP contribution >= 0.6 is 0 Å². The summed E-state index contributed by atoms with van der Waals surface area (Å²) in [7, 11) is 2.41. The first kappa shape index (κ1) is 12.1. The van der Waals surface area contributed by atoms with Gasteiger partial charge < -0.3 is 8.85 Å². The lowest BCUT2D eigenvalue weighted by atomic mass is 10.5. The number of rotatable bonds is 5. The van der Waals surface area contributed by atoms with Crippen LogP contribution in [0.4, 0.5) is 0 Å². The van der Waals surface area contributed by atoms with E-state index in [9.17, 15) is 0 Å². The van der Waals surface area contributed by atoms with Gasteiger partial charge in [-0.3, -0.25) is 4.57 Å². The van der Waals surface area contributed by atoms with Crippen molar-refractivity contribution in [1.82, 2.24) is 4.57 Å². The maximum absolute atomic E-state index is 5.67. The van der Waals surface area contributed by atoms with Crippen molar-refractivity contribution < 1.29 is 8.85 Å². The Kier molecular flexibility index (Phi) is 5.74. The van der Waals surface area contributed by atoms with E-state index >= 15 is 0 Å². The molecule has 0 atom stereocenters. The second kappa shape index (κ2) is 5.69. The number of hydrogen-bond donors (Lipinski definition) is 0. The van der Waals surface area contributed by atoms with Crippen LogP contribution in [0.1, 0.15) is 27.7 Å². The molecule has 0 aromatic heterocycles. The van der Waals surface area contributed by atoms with E-state index in [1.165, 1.54) is 0 Å². The third-order valence-electron chi connectivity index (χ3n) is 1.20. The first-order valence-electron chi connectivity index (χ1n) is 4.40. The molecule has 0 bridgehead atoms. The molecule has 0 spiro atoms. The summed E-state index contributed by atoms with van der Waals surface area (Å²) in [6.45, 7) is 8.14. The van der Waals surface area contributed by atoms with Crippen LogP contribution in [0.3, 0.4) is 0 Å². The van der Waals surface area contributed by atoms with E-state index in [-0.39, 0.29) is 12.2 Å². The second-order valence-corrected chi connectivity index (χ2v) is 5.83. The fourth-order valence-corrected chi connectivity index (χ4v) is 2.22. The van der Waals surface area contributed by atoms with E-state index < -0.39 is 9.45 Å². The Hall–Kier alpha value is 0.0969. The van der Waals surface area contributed by atoms with E-state index in [4.69, 9.17) is 8.85 Å². The van der Waals surface area contributed by atoms with E-state index in [0.717, 1.165) is 0 Å². The molecule has 3 nitrogen and oxygen atoms in total. The molecule has 0 heterocycles. The molecule has 0 aromatic carbocycles. The Morgan fingerprint density at radius 3 is 1.42 bits per heavy atom. The smallest absolute Gasteiger partial charge is 0.382 e. The highest BCUT2D eigenvalue weighted by molar-refractivity contribution is 6.40. The van der Waals surface area contributed by atoms with Crippen molar-refractivity contribution in [3.8, 4) is 0 Å². The van der Waals surface area contributed by atoms with E-state index in [1.807, 2.05) is 41.8 Å². The van der Waals surface area contributed by atoms with Gasteiger partial charge in [-0.25, -0.2) is 0 Å². The van der Waals surface area contributed by atoms with Gasteiger partial charge in [-0.2, -0.15) is 0 Å². The Bertz CT molecular complexity index is 108. The molecule has 0 aliphatic carbocycles. The van der Waals surface area contributed by atoms with Gasteiger partial charge in [0.2, 0.25) is 0 Å². The summed E-state index contributed by atoms with van der Waals surface area (Å²) in [5.74, 6) is 0. The van der Waals surface area contributed by atoms with Crippen molar-refractivity contribution in [3.05, 3.63) is 0 Å². The van der Waals surface area contributed by atoms with Crippen molar-refractivity contribution in [3.63, 3.8) is 0 Å². The molecule has 12 heavy (non-hydrogen) atoms. The average Bonchev–Trinajstić information content (AvgIpc) is 1.83. The third-order valence-corrected chi connectivity index (χ3v) is 3.60. The summed E-state index contributed by atoms with van der Waals surface area (Å²) in [6.07, 6.45) is 0.505. The van der Waals surface area contributed by atoms with Crippen LogP contribution in [-0.2, 0) is 8.85 Å². The van der Waals surface area contributed by atoms with Gasteiger partial charge in [-0.05, 0) is 41.8 Å². The zero-order chi connectivity index (χ0) is 9.72. The van der Waals surface area contributed by atoms with Crippen molar-refractivity contribution in [2.75, 3.05) is 14.1 Å². The van der Waals surface area contributed by atoms with Gasteiger partial charge in [0.05, 0.1) is 0 Å². The van der Waals surface area contributed by atoms with Crippen LogP contribution < -0.4 is 0 Å². The second-order valence-electron chi connectivity index (χ2n) is 3.64. The van der Waals surface area contributed by atoms with E-state index in [0.29, 0.717) is 0 Å². The third kappa shape index (κ3) is 5.71. The van der Waals surface area contributed by atoms with Gasteiger partial charge in [0, 0.05) is 12.2 Å². The van der Waals surface area contributed by atoms with Crippen molar-refractivity contribution in [1.29, 1.82) is 0 Å². The van der Waals surface area contributed by atoms with Crippen LogP contribution in [0.2, 0.25) is 0 Å². The van der Waals surface area contributed by atoms with Gasteiger partial charge in [0.1, 0.15) is 0 Å². The van der Waals surface area contributed by atoms with Crippen LogP contribution in [-0.4, -0.2) is 40.3 Å². The van der Waals surface area contributed by atoms with Crippen LogP contribution in [0, 0.1) is 0 Å². The minimum Gasteiger partial charge on any atom is -0.382 e. The zero-order valence-corrected chi connectivity index (χ0v) is 10.2. The summed E-state index contributed by atoms with van der Waals surface area (Å²) in [5, 5.41) is 0. The van der Waals surface area contributed by atoms with Gasteiger partial charge in [0.25, 0.3) is 0 Å². The first-order valence-corrected chi connectivity index (χ1v) is 5.86. The topological polar surface area (TPSA) is 21.7 Å². The highest BCUT2D eigenvalue weighted by atomic mass is 28.3. The average molecular weight is 191 g/mol. The Morgan fingerprint density at radius 1 is 0.917 bits per heavy atom. The Morgan fingerprint density at radius 2 is 1.25 bits per heavy atom. The Balaban J connectivity index is 3.87. The number of hydrogen-bond acceptors (Lipinski definition) is 3. The summed E-state index contributed by atoms with van der Waals surface area (Å²) in [5.41, 5.74) is 0. The molecule has 0 saturated carbocycles. The van der Waals surface area contributed by atoms with Gasteiger partial charge in [-0.1, -0.05) is 0 Å². The minimum atomic E-state index is -1.59. The maximum atomic E-state index is 5.67. The molecule has 0 fully saturated rings. The van der Waals surface area contributed by atoms with Crippen molar-refractivity contribution >= 4 is 9.45 Å². The summed E-state index contributed by atoms with van der Waals surface area (Å²) in [6, 6.07) is 0. The highest BCUT2D eigenvalue weighted by Crippen LogP contribution is 2.01. The maximum Gasteiger partial charge on any atom is 0.411 e. The molecular weight excluding hydrogens is 170 g/mol. The van der Waals surface area contributed by atoms with Crippen LogP contribution in [0.25, 0.3) is 0 Å². The normalized spacial score (nSPS) is 12.5. The Labute approximate surface area is 77.6 Å². The molecular formula is C8H21NO2Si. The molecule has 0 N–H and O–H groups in total. The molecule has 0 unspecified atom stereocenters. The van der Waals surface area contributed by atoms with Crippen LogP contribution in [0.5, 0.6) is 0 Å². The monoisotopic (exact) mass is 191 g/mol. The molecule has 0 aliphatic heterocycles. The van der Waals surface area contributed by atoms with E-state index in [2.05, 4.69) is 4.57 Å². The standard InChI is InChI=1S/C8H21NO2Si/c1-7(2)10-12(9(5)6)11-8(3)4/h7-8,12H,1-6H3. The van der Waals surface area contributed by atoms with Crippen molar-refractivity contribution in [2.45, 2.75) is 39.9 Å². The molecule has 0 amide bonds. The van der Waals surface area contributed by atoms with Crippen molar-refractivity contribution in [2.24, 2.45) is 0 Å². The molecule has 4 heteroatoms. The SMILES string of the molecule is CC(C)O[SiH](OC(C)C)N(C)C. The van der Waals surface area contributed by atoms with E-state index in [1.54, 1.807) is 0 Å². The van der Waals surface area contributed by atoms with Gasteiger partial charge in [0.15, 0.2) is 0 Å². The molecule has 0 radical (unpaired) electrons. The van der Waals surface area contributed by atoms with Gasteiger partial charge >= 0.3 is 9.45 Å². The minimum absolute atomic E-state index is 0.253. The quantitative estimate of drug-likeness (QED) is 0.608. The molecule has 0 saturated heterocycles. The molecule has 0 aromatic rings. The fraction of sp³-hybridized carbons (Fsp3) is 1.00. The predicted molar refractivity (Wildman–Crippen MR) is 53.3 cm³/mol. The van der Waals surface area contributed by atoms with Gasteiger partial charge in [-0.15, -0.1) is 0 Å². The zero-order valence-electron chi connectivity index (χ0n) is 9.00. The summed E-state index contributed by atoms with van der Waals surface area (Å²) in [4.78, 5) is 0. The summed E-state index contributed by atoms with van der Waals surface area (Å²) < 4.78 is 13.4. The lowest BCUT2D eigenvalue weighted by Gasteiger charge is -2.25. The fourth-order valence-electron chi connectivity index (χ4n) is 0.741. The highest BCUT2D eigenvalue weighted by Gasteiger charge is 2.19. The summed E-state index contributed by atoms with van der Waals surface area (Å²) >= 11 is 0. The largest absolute Gasteiger partial charge is 0.411 e. The lowest BCUT2D eigenvalue weighted by Crippen LogP contribution is -2.42. The lowest BCUT2D eigenvalue weighted by molar-refractivity contribution is 0.100. The predicted octanol–water partition coefficient (Wildman–Crippen LogP) is 1.12. The number of nitrogens with zero attached hydrogens (tertiary/aromatic N) is 1. The first-order chi connectivity index (χ1) is 5.43.